The lowest BCUT2D eigenvalue weighted by molar-refractivity contribution is -0.334. The van der Waals surface area contributed by atoms with Gasteiger partial charge >= 0.3 is 0 Å². The minimum atomic E-state index is -2.29. The molecule has 7 heterocycles. The van der Waals surface area contributed by atoms with E-state index in [0.29, 0.717) is 24.4 Å². The maximum Gasteiger partial charge on any atom is 0.247 e. The van der Waals surface area contributed by atoms with Crippen LogP contribution in [0.5, 0.6) is 46.0 Å². The lowest BCUT2D eigenvalue weighted by Gasteiger charge is -2.48. The predicted molar refractivity (Wildman–Crippen MR) is 503 cm³/mol. The molecule has 139 heavy (non-hydrogen) atoms. The molecular weight excluding hydrogens is 1870 g/mol. The van der Waals surface area contributed by atoms with Gasteiger partial charge in [0.2, 0.25) is 47.5 Å². The van der Waals surface area contributed by atoms with Gasteiger partial charge in [0.05, 0.1) is 52.9 Å². The summed E-state index contributed by atoms with van der Waals surface area (Å²) in [5, 5.41) is 180. The van der Waals surface area contributed by atoms with Crippen molar-refractivity contribution in [2.75, 3.05) is 46.9 Å². The quantitative estimate of drug-likeness (QED) is 0.0243. The SMILES string of the molecule is CC[C@H](CC(C)C)C(=O)N[C@H]1C(=O)C[C@@H](CC(N)=O)C(=O)N[C@H]2C(=O)C[C@@H]3C(=O)N[C@H](C(=O)NC(C(=O)NCCCN(C)C)c4cc(O)c(CNCCCCC(=O)[C@H](O)[C@@H](O)[C@H](O)[C@H](O)CO)c(O)c4-c4cc3ccc4O)[C@H](O)c3ccc(c(Cl)c3)Oc3cc2cc(c3OC2O[C@H](CO)C(O)C(O)[C@H]2O[C@H]2CC(C)(NCc3ccc(-c4ccc(Cl)cc4)cc3)[C@H](O)C(C)O2)Oc2ccc(cc2Cl)[C@H]1O. The number of nitrogens with one attached hydrogen (secondary N) is 7. The second kappa shape index (κ2) is 47.3. The van der Waals surface area contributed by atoms with Crippen molar-refractivity contribution in [3.63, 3.8) is 0 Å². The van der Waals surface area contributed by atoms with Gasteiger partial charge in [-0.05, 0) is 190 Å². The lowest BCUT2D eigenvalue weighted by atomic mass is 9.84. The third kappa shape index (κ3) is 25.6. The number of unbranched alkanes of at least 4 members (excludes halogenated alkanes) is 1. The molecule has 11 bridgehead atoms. The molecule has 14 rings (SSSR count). The van der Waals surface area contributed by atoms with Crippen LogP contribution in [0.1, 0.15) is 168 Å². The van der Waals surface area contributed by atoms with Crippen LogP contribution in [0.4, 0.5) is 0 Å². The van der Waals surface area contributed by atoms with Crippen molar-refractivity contribution in [3.8, 4) is 68.2 Å². The van der Waals surface area contributed by atoms with Crippen LogP contribution in [0.15, 0.2) is 121 Å². The van der Waals surface area contributed by atoms with Crippen molar-refractivity contribution in [2.24, 2.45) is 23.5 Å². The zero-order valence-corrected chi connectivity index (χ0v) is 79.6. The van der Waals surface area contributed by atoms with Gasteiger partial charge in [0.1, 0.15) is 108 Å². The number of nitrogens with two attached hydrogens (primary N) is 1. The summed E-state index contributed by atoms with van der Waals surface area (Å²) >= 11 is 20.8. The highest BCUT2D eigenvalue weighted by Crippen LogP contribution is 2.52. The number of Topliss-reactive ketones (excluding diaryl/α,β-unsaturated/α-hetero) is 3. The van der Waals surface area contributed by atoms with Crippen LogP contribution in [0, 0.1) is 17.8 Å². The van der Waals surface area contributed by atoms with Crippen LogP contribution in [0.3, 0.4) is 0 Å². The number of ether oxygens (including phenoxy) is 6. The van der Waals surface area contributed by atoms with Gasteiger partial charge in [-0.3, -0.25) is 43.2 Å². The van der Waals surface area contributed by atoms with Gasteiger partial charge < -0.3 is 148 Å². The van der Waals surface area contributed by atoms with Gasteiger partial charge in [-0.2, -0.15) is 0 Å². The standard InChI is InChI=1S/C98H120Cl3N9O29/c1-8-48(30-45(2)3)92(129)108-79-66(116)34-55(37-74(102)119)93(130)106-77-54-35-71(135-69-25-20-52(81(79)120)32-61(69)100)89(139-97-90(88(127)86(125)73(44-112)137-97)138-75-40-98(5,91(128)46(4)134-75)105-41-47-13-15-49(16-14-47)50-17-22-56(99)23-18-50)72(36-54)136-70-26-21-53(33-62(70)101)82(121)80-96(133)107-78(95(132)104-28-11-29-110(6)7)59-39-65(115)60(42-103-27-10-9-12-64(114)84(123)87(126)85(124)68(118)43-111)83(122)76(59)58-31-51(19-24-63(58)113)57(38-67(77)117)94(131)109-80/h13-26,31-33,35-36,39,45-46,48,55,57,68,73,75,77-82,84-88,90-91,97,103,105,111-113,115,118,120-128H,8-12,27-30,34,37-38,40-44H2,1-7H3,(H2,102,119)(H,104,132)(H,106,130)(H,107,133)(H,108,129)(H,109,131)/t46?,48-,55+,57+,68-,73-,75+,77-,78?,79+,80+,81-,82-,84+,85-,86?,87-,88?,90-,91-,97?,98?/m1/s1. The highest BCUT2D eigenvalue weighted by molar-refractivity contribution is 6.32. The second-order valence-corrected chi connectivity index (χ2v) is 37.9. The van der Waals surface area contributed by atoms with Gasteiger partial charge in [0, 0.05) is 79.3 Å². The normalized spacial score (nSPS) is 25.7. The number of carbonyl (C=O) groups excluding carboxylic acids is 9. The molecule has 0 radical (unpaired) electrons. The van der Waals surface area contributed by atoms with Gasteiger partial charge in [0.25, 0.3) is 0 Å². The number of primary amides is 1. The van der Waals surface area contributed by atoms with Crippen LogP contribution in [0.2, 0.25) is 15.1 Å². The molecule has 0 aromatic heterocycles. The van der Waals surface area contributed by atoms with E-state index in [2.05, 4.69) is 37.2 Å². The largest absolute Gasteiger partial charge is 0.507 e. The smallest absolute Gasteiger partial charge is 0.247 e. The first-order chi connectivity index (χ1) is 66.0. The van der Waals surface area contributed by atoms with E-state index < -0.39 is 287 Å². The zero-order valence-electron chi connectivity index (χ0n) is 77.3. The monoisotopic (exact) mass is 1990 g/mol. The minimum Gasteiger partial charge on any atom is -0.507 e. The Balaban J connectivity index is 1.02. The number of phenolic OH excluding ortho intramolecular Hbond substituents is 3. The maximum atomic E-state index is 16.8. The van der Waals surface area contributed by atoms with Crippen molar-refractivity contribution in [1.29, 1.82) is 0 Å². The van der Waals surface area contributed by atoms with E-state index in [1.165, 1.54) is 30.3 Å². The highest BCUT2D eigenvalue weighted by Gasteiger charge is 2.53. The molecule has 2 fully saturated rings. The second-order valence-electron chi connectivity index (χ2n) is 36.7. The van der Waals surface area contributed by atoms with E-state index in [1.807, 2.05) is 55.1 Å². The highest BCUT2D eigenvalue weighted by atomic mass is 35.5. The van der Waals surface area contributed by atoms with Crippen LogP contribution in [0.25, 0.3) is 22.3 Å². The number of rotatable bonds is 33. The number of benzene rings is 7. The summed E-state index contributed by atoms with van der Waals surface area (Å²) in [4.78, 5) is 138. The summed E-state index contributed by atoms with van der Waals surface area (Å²) in [6.45, 7) is 6.86. The Kier molecular flexibility index (Phi) is 36.5. The molecule has 38 nitrogen and oxygen atoms in total. The molecule has 7 aliphatic rings. The number of phenols is 3. The summed E-state index contributed by atoms with van der Waals surface area (Å²) in [7, 11) is 3.55. The number of aliphatic hydroxyl groups excluding tert-OH is 11. The van der Waals surface area contributed by atoms with Crippen molar-refractivity contribution >= 4 is 87.6 Å². The molecule has 0 spiro atoms. The number of hydrogen-bond donors (Lipinski definition) is 22. The minimum absolute atomic E-state index is 0.0102. The first-order valence-electron chi connectivity index (χ1n) is 45.8. The molecule has 23 N–H and O–H groups in total. The molecule has 2 saturated heterocycles. The first-order valence-corrected chi connectivity index (χ1v) is 47.0. The molecule has 6 amide bonds. The average molecular weight is 1990 g/mol. The maximum absolute atomic E-state index is 16.8. The molecule has 7 aromatic carbocycles. The van der Waals surface area contributed by atoms with Crippen molar-refractivity contribution in [3.05, 3.63) is 175 Å². The molecule has 752 valence electrons. The Hall–Kier alpha value is -10.6. The topological polar surface area (TPSA) is 606 Å². The molecule has 22 atom stereocenters. The van der Waals surface area contributed by atoms with E-state index in [4.69, 9.17) is 69.0 Å². The third-order valence-electron chi connectivity index (χ3n) is 25.7. The van der Waals surface area contributed by atoms with E-state index in [-0.39, 0.29) is 96.4 Å². The Morgan fingerprint density at radius 2 is 1.32 bits per heavy atom. The van der Waals surface area contributed by atoms with E-state index in [0.717, 1.165) is 59.2 Å². The molecule has 0 saturated carbocycles. The number of aliphatic hydroxyl groups is 11. The fourth-order valence-electron chi connectivity index (χ4n) is 17.7. The Morgan fingerprint density at radius 1 is 0.676 bits per heavy atom. The summed E-state index contributed by atoms with van der Waals surface area (Å²) < 4.78 is 40.0. The Labute approximate surface area is 815 Å². The third-order valence-corrected chi connectivity index (χ3v) is 26.5. The fraction of sp³-hybridized carbons (Fsp3) is 0.480. The number of ketones is 3. The molecule has 7 aliphatic heterocycles. The van der Waals surface area contributed by atoms with E-state index in [9.17, 15) is 85.9 Å². The number of aromatic hydroxyl groups is 3. The molecule has 0 aliphatic carbocycles. The Bertz CT molecular complexity index is 5590. The lowest BCUT2D eigenvalue weighted by Crippen LogP contribution is -2.65. The molecule has 7 aromatic rings. The number of nitrogens with zero attached hydrogens (tertiary/aromatic N) is 1. The zero-order chi connectivity index (χ0) is 101. The van der Waals surface area contributed by atoms with Crippen LogP contribution in [-0.2, 0) is 70.5 Å². The van der Waals surface area contributed by atoms with E-state index >= 15 is 28.8 Å². The summed E-state index contributed by atoms with van der Waals surface area (Å²) in [6.07, 6.45) is -28.7. The first kappa shape index (κ1) is 107. The van der Waals surface area contributed by atoms with Crippen molar-refractivity contribution in [1.82, 2.24) is 42.1 Å². The predicted octanol–water partition coefficient (Wildman–Crippen LogP) is 4.92. The molecule has 41 heteroatoms. The van der Waals surface area contributed by atoms with Crippen molar-refractivity contribution in [2.45, 2.75) is 233 Å². The van der Waals surface area contributed by atoms with Crippen LogP contribution in [-0.4, -0.2) is 267 Å². The number of amides is 6. The summed E-state index contributed by atoms with van der Waals surface area (Å²) in [6, 6.07) is 20.1. The number of fused-ring (bicyclic) bond motifs is 15. The van der Waals surface area contributed by atoms with Crippen LogP contribution < -0.4 is 57.2 Å². The number of hydrogen-bond acceptors (Lipinski definition) is 32. The number of halogens is 3. The van der Waals surface area contributed by atoms with Crippen molar-refractivity contribution < 1.29 is 143 Å². The van der Waals surface area contributed by atoms with Gasteiger partial charge in [0.15, 0.2) is 41.2 Å². The van der Waals surface area contributed by atoms with Crippen LogP contribution >= 0.6 is 34.8 Å². The van der Waals surface area contributed by atoms with Gasteiger partial charge in [-0.25, -0.2) is 0 Å². The molecule has 6 unspecified atom stereocenters. The summed E-state index contributed by atoms with van der Waals surface area (Å²) in [5.74, 6) is -19.6. The van der Waals surface area contributed by atoms with E-state index in [1.54, 1.807) is 47.0 Å². The van der Waals surface area contributed by atoms with Gasteiger partial charge in [-0.1, -0.05) is 110 Å². The Morgan fingerprint density at radius 3 is 1.93 bits per heavy atom. The average Bonchev–Trinajstić information content (AvgIpc) is 0.754. The molecular formula is C98H120Cl3N9O29. The fourth-order valence-corrected chi connectivity index (χ4v) is 18.3. The van der Waals surface area contributed by atoms with Gasteiger partial charge in [-0.15, -0.1) is 0 Å². The number of carbonyl (C=O) groups is 9. The summed E-state index contributed by atoms with van der Waals surface area (Å²) in [5.41, 5.74) is 4.55.